The molecule has 0 saturated carbocycles. The van der Waals surface area contributed by atoms with Gasteiger partial charge in [0.25, 0.3) is 5.91 Å². The van der Waals surface area contributed by atoms with Crippen LogP contribution in [0.15, 0.2) is 30.6 Å². The highest BCUT2D eigenvalue weighted by Crippen LogP contribution is 2.21. The Morgan fingerprint density at radius 2 is 2.24 bits per heavy atom. The van der Waals surface area contributed by atoms with Gasteiger partial charge >= 0.3 is 0 Å². The Hall–Kier alpha value is -3.03. The molecule has 128 valence electrons. The van der Waals surface area contributed by atoms with Crippen LogP contribution in [0.2, 0.25) is 0 Å². The van der Waals surface area contributed by atoms with Gasteiger partial charge in [0.15, 0.2) is 17.3 Å². The van der Waals surface area contributed by atoms with Crippen LogP contribution in [0.5, 0.6) is 0 Å². The number of rotatable bonds is 3. The standard InChI is InChI=1S/C17H17FN6O/c1-10-21-14-12(4-7-19-15(14)22-10)17(25)23-11-5-8-24(9-11)16-13(18)3-2-6-20-16/h2-4,6-7,11H,5,8-9H2,1H3,(H,23,25)(H,19,21,22). The Bertz CT molecular complexity index is 940. The van der Waals surface area contributed by atoms with Crippen molar-refractivity contribution in [2.24, 2.45) is 0 Å². The summed E-state index contributed by atoms with van der Waals surface area (Å²) >= 11 is 0. The van der Waals surface area contributed by atoms with Crippen LogP contribution < -0.4 is 10.2 Å². The number of halogens is 1. The summed E-state index contributed by atoms with van der Waals surface area (Å²) in [6.07, 6.45) is 3.87. The second-order valence-electron chi connectivity index (χ2n) is 6.09. The molecule has 1 amide bonds. The molecule has 1 saturated heterocycles. The molecular formula is C17H17FN6O. The summed E-state index contributed by atoms with van der Waals surface area (Å²) in [6.45, 7) is 2.99. The fraction of sp³-hybridized carbons (Fsp3) is 0.294. The molecule has 0 aromatic carbocycles. The number of carbonyl (C=O) groups excluding carboxylic acids is 1. The first-order valence-corrected chi connectivity index (χ1v) is 8.09. The maximum absolute atomic E-state index is 13.9. The van der Waals surface area contributed by atoms with Crippen molar-refractivity contribution in [3.8, 4) is 0 Å². The highest BCUT2D eigenvalue weighted by Gasteiger charge is 2.27. The maximum atomic E-state index is 13.9. The zero-order chi connectivity index (χ0) is 17.4. The molecular weight excluding hydrogens is 323 g/mol. The number of aromatic amines is 1. The summed E-state index contributed by atoms with van der Waals surface area (Å²) in [5.41, 5.74) is 1.66. The first-order chi connectivity index (χ1) is 12.1. The van der Waals surface area contributed by atoms with Crippen LogP contribution in [0.1, 0.15) is 22.6 Å². The monoisotopic (exact) mass is 340 g/mol. The SMILES string of the molecule is Cc1nc2nccc(C(=O)NC3CCN(c4ncccc4F)C3)c2[nH]1. The lowest BCUT2D eigenvalue weighted by Gasteiger charge is -2.18. The zero-order valence-corrected chi connectivity index (χ0v) is 13.7. The average Bonchev–Trinajstić information content (AvgIpc) is 3.20. The molecule has 3 aromatic rings. The van der Waals surface area contributed by atoms with E-state index in [9.17, 15) is 9.18 Å². The van der Waals surface area contributed by atoms with E-state index in [2.05, 4.69) is 25.3 Å². The third-order valence-corrected chi connectivity index (χ3v) is 4.32. The molecule has 3 aromatic heterocycles. The molecule has 1 aliphatic heterocycles. The molecule has 0 spiro atoms. The van der Waals surface area contributed by atoms with E-state index in [1.165, 1.54) is 6.07 Å². The second kappa shape index (κ2) is 6.12. The summed E-state index contributed by atoms with van der Waals surface area (Å²) in [4.78, 5) is 30.1. The Morgan fingerprint density at radius 3 is 3.08 bits per heavy atom. The maximum Gasteiger partial charge on any atom is 0.253 e. The number of nitrogens with one attached hydrogen (secondary N) is 2. The molecule has 0 bridgehead atoms. The Kier molecular flexibility index (Phi) is 3.79. The number of fused-ring (bicyclic) bond motifs is 1. The zero-order valence-electron chi connectivity index (χ0n) is 13.7. The largest absolute Gasteiger partial charge is 0.352 e. The normalized spacial score (nSPS) is 17.2. The van der Waals surface area contributed by atoms with Gasteiger partial charge in [0, 0.05) is 31.5 Å². The number of carbonyl (C=O) groups is 1. The molecule has 1 unspecified atom stereocenters. The summed E-state index contributed by atoms with van der Waals surface area (Å²) in [5.74, 6) is 0.498. The molecule has 1 aliphatic rings. The molecule has 2 N–H and O–H groups in total. The molecule has 1 fully saturated rings. The average molecular weight is 340 g/mol. The van der Waals surface area contributed by atoms with Crippen LogP contribution in [0, 0.1) is 12.7 Å². The van der Waals surface area contributed by atoms with E-state index in [1.807, 2.05) is 11.8 Å². The summed E-state index contributed by atoms with van der Waals surface area (Å²) in [6, 6.07) is 4.55. The highest BCUT2D eigenvalue weighted by atomic mass is 19.1. The number of hydrogen-bond acceptors (Lipinski definition) is 5. The van der Waals surface area contributed by atoms with Gasteiger partial charge in [-0.05, 0) is 31.5 Å². The topological polar surface area (TPSA) is 86.8 Å². The lowest BCUT2D eigenvalue weighted by Crippen LogP contribution is -2.37. The number of nitrogens with zero attached hydrogens (tertiary/aromatic N) is 4. The minimum atomic E-state index is -0.349. The fourth-order valence-electron chi connectivity index (χ4n) is 3.16. The predicted octanol–water partition coefficient (Wildman–Crippen LogP) is 1.81. The summed E-state index contributed by atoms with van der Waals surface area (Å²) < 4.78 is 13.9. The first kappa shape index (κ1) is 15.5. The van der Waals surface area contributed by atoms with Gasteiger partial charge < -0.3 is 15.2 Å². The van der Waals surface area contributed by atoms with Crippen molar-refractivity contribution >= 4 is 22.9 Å². The second-order valence-corrected chi connectivity index (χ2v) is 6.09. The minimum Gasteiger partial charge on any atom is -0.352 e. The van der Waals surface area contributed by atoms with Crippen LogP contribution in [0.25, 0.3) is 11.2 Å². The lowest BCUT2D eigenvalue weighted by atomic mass is 10.2. The van der Waals surface area contributed by atoms with Crippen molar-refractivity contribution in [3.05, 3.63) is 47.8 Å². The Balaban J connectivity index is 1.49. The van der Waals surface area contributed by atoms with Crippen LogP contribution in [0.4, 0.5) is 10.2 Å². The van der Waals surface area contributed by atoms with Crippen molar-refractivity contribution in [2.75, 3.05) is 18.0 Å². The summed E-state index contributed by atoms with van der Waals surface area (Å²) in [7, 11) is 0. The van der Waals surface area contributed by atoms with Gasteiger partial charge in [-0.25, -0.2) is 19.3 Å². The van der Waals surface area contributed by atoms with E-state index in [4.69, 9.17) is 0 Å². The fourth-order valence-corrected chi connectivity index (χ4v) is 3.16. The van der Waals surface area contributed by atoms with Crippen LogP contribution >= 0.6 is 0 Å². The van der Waals surface area contributed by atoms with Crippen molar-refractivity contribution in [1.82, 2.24) is 25.3 Å². The van der Waals surface area contributed by atoms with Gasteiger partial charge in [-0.3, -0.25) is 4.79 Å². The van der Waals surface area contributed by atoms with E-state index in [-0.39, 0.29) is 17.8 Å². The van der Waals surface area contributed by atoms with Crippen LogP contribution in [-0.4, -0.2) is 45.0 Å². The number of anilines is 1. The molecule has 0 aliphatic carbocycles. The van der Waals surface area contributed by atoms with Gasteiger partial charge in [0.1, 0.15) is 5.82 Å². The van der Waals surface area contributed by atoms with Crippen LogP contribution in [0.3, 0.4) is 0 Å². The van der Waals surface area contributed by atoms with E-state index >= 15 is 0 Å². The van der Waals surface area contributed by atoms with Gasteiger partial charge in [-0.2, -0.15) is 0 Å². The molecule has 4 heterocycles. The van der Waals surface area contributed by atoms with E-state index < -0.39 is 0 Å². The smallest absolute Gasteiger partial charge is 0.253 e. The molecule has 0 radical (unpaired) electrons. The molecule has 7 nitrogen and oxygen atoms in total. The van der Waals surface area contributed by atoms with Crippen LogP contribution in [-0.2, 0) is 0 Å². The number of hydrogen-bond donors (Lipinski definition) is 2. The third-order valence-electron chi connectivity index (χ3n) is 4.32. The Morgan fingerprint density at radius 1 is 1.36 bits per heavy atom. The number of amides is 1. The van der Waals surface area contributed by atoms with Crippen molar-refractivity contribution in [3.63, 3.8) is 0 Å². The van der Waals surface area contributed by atoms with Gasteiger partial charge in [0.2, 0.25) is 0 Å². The highest BCUT2D eigenvalue weighted by molar-refractivity contribution is 6.04. The van der Waals surface area contributed by atoms with Gasteiger partial charge in [-0.1, -0.05) is 0 Å². The molecule has 1 atom stereocenters. The van der Waals surface area contributed by atoms with Crippen molar-refractivity contribution < 1.29 is 9.18 Å². The minimum absolute atomic E-state index is 0.0684. The van der Waals surface area contributed by atoms with Crippen molar-refractivity contribution in [1.29, 1.82) is 0 Å². The molecule has 8 heteroatoms. The third kappa shape index (κ3) is 2.90. The quantitative estimate of drug-likeness (QED) is 0.759. The number of pyridine rings is 2. The first-order valence-electron chi connectivity index (χ1n) is 8.09. The molecule has 25 heavy (non-hydrogen) atoms. The number of H-pyrrole nitrogens is 1. The van der Waals surface area contributed by atoms with E-state index in [0.29, 0.717) is 41.5 Å². The Labute approximate surface area is 143 Å². The number of imidazole rings is 1. The van der Waals surface area contributed by atoms with Gasteiger partial charge in [0.05, 0.1) is 11.1 Å². The predicted molar refractivity (Wildman–Crippen MR) is 90.9 cm³/mol. The molecule has 4 rings (SSSR count). The number of aromatic nitrogens is 4. The summed E-state index contributed by atoms with van der Waals surface area (Å²) in [5, 5.41) is 3.01. The van der Waals surface area contributed by atoms with E-state index in [1.54, 1.807) is 24.5 Å². The van der Waals surface area contributed by atoms with E-state index in [0.717, 1.165) is 6.42 Å². The van der Waals surface area contributed by atoms with Crippen molar-refractivity contribution in [2.45, 2.75) is 19.4 Å². The van der Waals surface area contributed by atoms with Gasteiger partial charge in [-0.15, -0.1) is 0 Å². The number of aryl methyl sites for hydroxylation is 1. The lowest BCUT2D eigenvalue weighted by molar-refractivity contribution is 0.0942.